The maximum Gasteiger partial charge on any atom is 0.267 e. The third-order valence-corrected chi connectivity index (χ3v) is 6.29. The molecule has 5 rings (SSSR count). The molecule has 0 saturated carbocycles. The monoisotopic (exact) mass is 516 g/mol. The second-order valence-electron chi connectivity index (χ2n) is 8.93. The van der Waals surface area contributed by atoms with Gasteiger partial charge in [0, 0.05) is 24.3 Å². The summed E-state index contributed by atoms with van der Waals surface area (Å²) in [4.78, 5) is 38.5. The average Bonchev–Trinajstić information content (AvgIpc) is 2.99. The van der Waals surface area contributed by atoms with Gasteiger partial charge in [0.2, 0.25) is 0 Å². The van der Waals surface area contributed by atoms with Crippen LogP contribution in [-0.4, -0.2) is 34.8 Å². The van der Waals surface area contributed by atoms with Gasteiger partial charge in [0.1, 0.15) is 5.82 Å². The molecule has 4 aromatic carbocycles. The Kier molecular flexibility index (Phi) is 8.19. The van der Waals surface area contributed by atoms with Crippen LogP contribution in [0.1, 0.15) is 12.0 Å². The van der Waals surface area contributed by atoms with E-state index in [1.165, 1.54) is 0 Å². The molecule has 1 aromatic heterocycles. The molecular formula is C32H28N4O3. The van der Waals surface area contributed by atoms with Crippen LogP contribution in [0.5, 0.6) is 0 Å². The van der Waals surface area contributed by atoms with Crippen molar-refractivity contribution < 1.29 is 9.63 Å². The Hall–Kier alpha value is -5.04. The van der Waals surface area contributed by atoms with E-state index in [0.29, 0.717) is 36.2 Å². The maximum atomic E-state index is 13.5. The van der Waals surface area contributed by atoms with E-state index >= 15 is 0 Å². The minimum absolute atomic E-state index is 0.101. The molecule has 5 aromatic rings. The molecule has 0 bridgehead atoms. The van der Waals surface area contributed by atoms with E-state index in [0.717, 1.165) is 16.8 Å². The van der Waals surface area contributed by atoms with Crippen molar-refractivity contribution in [2.45, 2.75) is 13.0 Å². The molecule has 0 fully saturated rings. The molecule has 0 saturated heterocycles. The zero-order valence-electron chi connectivity index (χ0n) is 21.4. The summed E-state index contributed by atoms with van der Waals surface area (Å²) in [5.41, 5.74) is 3.06. The van der Waals surface area contributed by atoms with Gasteiger partial charge in [-0.2, -0.15) is 0 Å². The largest absolute Gasteiger partial charge is 0.386 e. The summed E-state index contributed by atoms with van der Waals surface area (Å²) in [6, 6.07) is 36.0. The summed E-state index contributed by atoms with van der Waals surface area (Å²) in [5.74, 6) is 0.383. The van der Waals surface area contributed by atoms with E-state index in [1.807, 2.05) is 109 Å². The van der Waals surface area contributed by atoms with E-state index in [1.54, 1.807) is 21.7 Å². The zero-order valence-corrected chi connectivity index (χ0v) is 21.4. The normalized spacial score (nSPS) is 11.1. The lowest BCUT2D eigenvalue weighted by Crippen LogP contribution is -2.35. The van der Waals surface area contributed by atoms with Crippen molar-refractivity contribution >= 4 is 28.7 Å². The van der Waals surface area contributed by atoms with Gasteiger partial charge in [0.15, 0.2) is 6.61 Å². The first-order chi connectivity index (χ1) is 19.2. The Morgan fingerprint density at radius 3 is 2.23 bits per heavy atom. The molecule has 0 N–H and O–H groups in total. The summed E-state index contributed by atoms with van der Waals surface area (Å²) in [6.07, 6.45) is 2.11. The van der Waals surface area contributed by atoms with Crippen molar-refractivity contribution in [1.29, 1.82) is 0 Å². The Morgan fingerprint density at radius 1 is 0.846 bits per heavy atom. The van der Waals surface area contributed by atoms with Gasteiger partial charge < -0.3 is 9.74 Å². The smallest absolute Gasteiger partial charge is 0.267 e. The van der Waals surface area contributed by atoms with Crippen LogP contribution in [0.4, 0.5) is 5.69 Å². The van der Waals surface area contributed by atoms with Crippen molar-refractivity contribution in [3.63, 3.8) is 0 Å². The first kappa shape index (κ1) is 25.6. The average molecular weight is 517 g/mol. The number of para-hydroxylation sites is 2. The van der Waals surface area contributed by atoms with Crippen LogP contribution < -0.4 is 10.5 Å². The highest BCUT2D eigenvalue weighted by atomic mass is 16.6. The maximum absolute atomic E-state index is 13.5. The number of rotatable bonds is 10. The molecule has 0 unspecified atom stereocenters. The van der Waals surface area contributed by atoms with Crippen LogP contribution in [0.25, 0.3) is 22.3 Å². The number of hydrogen-bond donors (Lipinski definition) is 0. The quantitative estimate of drug-likeness (QED) is 0.180. The van der Waals surface area contributed by atoms with Gasteiger partial charge >= 0.3 is 0 Å². The zero-order chi connectivity index (χ0) is 26.9. The topological polar surface area (TPSA) is 76.8 Å². The van der Waals surface area contributed by atoms with Crippen LogP contribution >= 0.6 is 0 Å². The molecule has 0 atom stereocenters. The number of carbonyl (C=O) groups is 1. The lowest BCUT2D eigenvalue weighted by molar-refractivity contribution is -0.123. The molecule has 1 amide bonds. The lowest BCUT2D eigenvalue weighted by atomic mass is 10.1. The third kappa shape index (κ3) is 6.27. The summed E-state index contributed by atoms with van der Waals surface area (Å²) >= 11 is 0. The van der Waals surface area contributed by atoms with Crippen LogP contribution in [0.15, 0.2) is 125 Å². The molecule has 7 nitrogen and oxygen atoms in total. The van der Waals surface area contributed by atoms with Crippen molar-refractivity contribution in [1.82, 2.24) is 9.55 Å². The Labute approximate surface area is 226 Å². The molecule has 194 valence electrons. The lowest BCUT2D eigenvalue weighted by Gasteiger charge is -2.23. The summed E-state index contributed by atoms with van der Waals surface area (Å²) in [7, 11) is 0. The summed E-state index contributed by atoms with van der Waals surface area (Å²) < 4.78 is 1.70. The number of hydrogen-bond acceptors (Lipinski definition) is 5. The van der Waals surface area contributed by atoms with E-state index < -0.39 is 0 Å². The van der Waals surface area contributed by atoms with Crippen LogP contribution in [-0.2, 0) is 16.2 Å². The summed E-state index contributed by atoms with van der Waals surface area (Å²) in [6.45, 7) is 0.581. The number of nitrogens with zero attached hydrogens (tertiary/aromatic N) is 4. The molecule has 39 heavy (non-hydrogen) atoms. The van der Waals surface area contributed by atoms with Gasteiger partial charge in [-0.1, -0.05) is 96.2 Å². The molecule has 0 aliphatic heterocycles. The molecule has 0 spiro atoms. The van der Waals surface area contributed by atoms with Gasteiger partial charge in [-0.25, -0.2) is 4.98 Å². The minimum Gasteiger partial charge on any atom is -0.386 e. The highest BCUT2D eigenvalue weighted by Crippen LogP contribution is 2.20. The first-order valence-corrected chi connectivity index (χ1v) is 12.8. The van der Waals surface area contributed by atoms with Gasteiger partial charge in [-0.3, -0.25) is 14.2 Å². The third-order valence-electron chi connectivity index (χ3n) is 6.29. The van der Waals surface area contributed by atoms with Gasteiger partial charge in [-0.15, -0.1) is 0 Å². The predicted molar refractivity (Wildman–Crippen MR) is 155 cm³/mol. The highest BCUT2D eigenvalue weighted by Gasteiger charge is 2.18. The molecule has 0 aliphatic carbocycles. The highest BCUT2D eigenvalue weighted by molar-refractivity contribution is 5.94. The first-order valence-electron chi connectivity index (χ1n) is 12.8. The Balaban J connectivity index is 1.34. The van der Waals surface area contributed by atoms with E-state index in [4.69, 9.17) is 9.82 Å². The molecule has 0 radical (unpaired) electrons. The fraction of sp³-hybridized carbons (Fsp3) is 0.125. The summed E-state index contributed by atoms with van der Waals surface area (Å²) in [5, 5.41) is 4.51. The molecule has 7 heteroatoms. The number of carbonyl (C=O) groups excluding carboxylic acids is 1. The van der Waals surface area contributed by atoms with Crippen molar-refractivity contribution in [2.75, 3.05) is 18.1 Å². The Morgan fingerprint density at radius 2 is 1.49 bits per heavy atom. The standard InChI is InChI=1S/C32H28N4O3/c37-30(24-39-33-23-25-13-4-1-5-14-25)35(27-17-8-3-9-18-27)21-12-22-36-31(26-15-6-2-7-16-26)34-29-20-11-10-19-28(29)32(36)38/h1-11,13-20,23H,12,21-22,24H2. The van der Waals surface area contributed by atoms with E-state index in [-0.39, 0.29) is 18.1 Å². The fourth-order valence-corrected chi connectivity index (χ4v) is 4.38. The van der Waals surface area contributed by atoms with Gasteiger partial charge in [-0.05, 0) is 36.2 Å². The number of amides is 1. The number of oxime groups is 1. The SMILES string of the molecule is O=C(CON=Cc1ccccc1)N(CCCn1c(-c2ccccc2)nc2ccccc2c1=O)c1ccccc1. The van der Waals surface area contributed by atoms with E-state index in [9.17, 15) is 9.59 Å². The van der Waals surface area contributed by atoms with Crippen LogP contribution in [0.3, 0.4) is 0 Å². The number of fused-ring (bicyclic) bond motifs is 1. The van der Waals surface area contributed by atoms with Crippen molar-refractivity contribution in [3.8, 4) is 11.4 Å². The van der Waals surface area contributed by atoms with Gasteiger partial charge in [0.25, 0.3) is 11.5 Å². The number of aromatic nitrogens is 2. The molecule has 1 heterocycles. The second-order valence-corrected chi connectivity index (χ2v) is 8.93. The predicted octanol–water partition coefficient (Wildman–Crippen LogP) is 5.54. The van der Waals surface area contributed by atoms with Crippen LogP contribution in [0.2, 0.25) is 0 Å². The van der Waals surface area contributed by atoms with Gasteiger partial charge in [0.05, 0.1) is 17.1 Å². The number of benzene rings is 4. The van der Waals surface area contributed by atoms with Crippen LogP contribution in [0, 0.1) is 0 Å². The molecule has 0 aliphatic rings. The molecular weight excluding hydrogens is 488 g/mol. The Bertz CT molecular complexity index is 1620. The van der Waals surface area contributed by atoms with Crippen molar-refractivity contribution in [3.05, 3.63) is 131 Å². The van der Waals surface area contributed by atoms with Crippen molar-refractivity contribution in [2.24, 2.45) is 5.16 Å². The minimum atomic E-state index is -0.223. The van der Waals surface area contributed by atoms with E-state index in [2.05, 4.69) is 5.16 Å². The second kappa shape index (κ2) is 12.5. The number of anilines is 1. The fourth-order valence-electron chi connectivity index (χ4n) is 4.38.